The zero-order valence-corrected chi connectivity index (χ0v) is 19.3. The molecule has 2 aromatic carbocycles. The third-order valence-corrected chi connectivity index (χ3v) is 6.13. The summed E-state index contributed by atoms with van der Waals surface area (Å²) in [5.41, 5.74) is 1.91. The molecule has 25 heavy (non-hydrogen) atoms. The number of hydrogen-bond acceptors (Lipinski definition) is 3. The second-order valence-electron chi connectivity index (χ2n) is 5.76. The molecule has 0 aliphatic heterocycles. The first-order valence-electron chi connectivity index (χ1n) is 7.86. The second-order valence-corrected chi connectivity index (χ2v) is 9.00. The standard InChI is InChI=1S/C19H15BrI2O3/c1-2-3-4-15-17(12-6-5-11(20)9-16(12)25-15)18(23)10-7-13(21)19(24)14(22)8-10/h5-9,24H,2-4H2,1H3. The molecule has 0 saturated carbocycles. The fourth-order valence-electron chi connectivity index (χ4n) is 2.72. The minimum atomic E-state index is -0.0667. The number of fused-ring (bicyclic) bond motifs is 1. The minimum Gasteiger partial charge on any atom is -0.506 e. The molecule has 1 aromatic heterocycles. The normalized spacial score (nSPS) is 11.2. The number of ketones is 1. The van der Waals surface area contributed by atoms with Crippen molar-refractivity contribution in [3.05, 3.63) is 58.8 Å². The highest BCUT2D eigenvalue weighted by Gasteiger charge is 2.23. The number of furan rings is 1. The van der Waals surface area contributed by atoms with E-state index in [0.717, 1.165) is 34.9 Å². The second kappa shape index (κ2) is 7.96. The van der Waals surface area contributed by atoms with Crippen molar-refractivity contribution in [3.63, 3.8) is 0 Å². The van der Waals surface area contributed by atoms with Gasteiger partial charge >= 0.3 is 0 Å². The van der Waals surface area contributed by atoms with Gasteiger partial charge in [0.25, 0.3) is 0 Å². The molecule has 0 aliphatic rings. The van der Waals surface area contributed by atoms with Crippen LogP contribution < -0.4 is 0 Å². The molecule has 0 fully saturated rings. The van der Waals surface area contributed by atoms with E-state index in [1.807, 2.05) is 63.4 Å². The third-order valence-electron chi connectivity index (χ3n) is 3.99. The molecule has 1 heterocycles. The van der Waals surface area contributed by atoms with Crippen molar-refractivity contribution in [2.24, 2.45) is 0 Å². The topological polar surface area (TPSA) is 50.4 Å². The van der Waals surface area contributed by atoms with E-state index in [1.165, 1.54) is 0 Å². The number of carbonyl (C=O) groups excluding carboxylic acids is 1. The van der Waals surface area contributed by atoms with Crippen molar-refractivity contribution < 1.29 is 14.3 Å². The molecule has 3 aromatic rings. The SMILES string of the molecule is CCCCc1oc2cc(Br)ccc2c1C(=O)c1cc(I)c(O)c(I)c1. The maximum atomic E-state index is 13.2. The lowest BCUT2D eigenvalue weighted by molar-refractivity contribution is 0.103. The highest BCUT2D eigenvalue weighted by Crippen LogP contribution is 2.33. The molecule has 3 rings (SSSR count). The zero-order valence-electron chi connectivity index (χ0n) is 13.4. The quantitative estimate of drug-likeness (QED) is 0.254. The molecule has 0 radical (unpaired) electrons. The van der Waals surface area contributed by atoms with E-state index in [0.29, 0.717) is 23.9 Å². The van der Waals surface area contributed by atoms with Gasteiger partial charge < -0.3 is 9.52 Å². The van der Waals surface area contributed by atoms with E-state index in [4.69, 9.17) is 4.42 Å². The van der Waals surface area contributed by atoms with Gasteiger partial charge in [-0.15, -0.1) is 0 Å². The van der Waals surface area contributed by atoms with Gasteiger partial charge in [0.15, 0.2) is 5.78 Å². The van der Waals surface area contributed by atoms with Crippen molar-refractivity contribution in [1.82, 2.24) is 0 Å². The monoisotopic (exact) mass is 624 g/mol. The molecule has 0 aliphatic carbocycles. The Morgan fingerprint density at radius 2 is 1.88 bits per heavy atom. The number of rotatable bonds is 5. The molecule has 1 N–H and O–H groups in total. The van der Waals surface area contributed by atoms with Crippen molar-refractivity contribution >= 4 is 77.9 Å². The molecule has 0 amide bonds. The third kappa shape index (κ3) is 3.90. The van der Waals surface area contributed by atoms with Gasteiger partial charge in [-0.1, -0.05) is 29.3 Å². The van der Waals surface area contributed by atoms with Crippen LogP contribution in [-0.2, 0) is 6.42 Å². The Morgan fingerprint density at radius 3 is 2.52 bits per heavy atom. The Hall–Kier alpha value is -0.610. The lowest BCUT2D eigenvalue weighted by Gasteiger charge is -2.06. The molecule has 0 unspecified atom stereocenters. The highest BCUT2D eigenvalue weighted by atomic mass is 127. The summed E-state index contributed by atoms with van der Waals surface area (Å²) < 4.78 is 8.26. The lowest BCUT2D eigenvalue weighted by atomic mass is 9.98. The van der Waals surface area contributed by atoms with Gasteiger partial charge in [-0.25, -0.2) is 0 Å². The number of phenolic OH excluding ortho intramolecular Hbond substituents is 1. The van der Waals surface area contributed by atoms with Crippen LogP contribution in [-0.4, -0.2) is 10.9 Å². The number of aryl methyl sites for hydroxylation is 1. The van der Waals surface area contributed by atoms with Crippen molar-refractivity contribution in [2.45, 2.75) is 26.2 Å². The highest BCUT2D eigenvalue weighted by molar-refractivity contribution is 14.1. The molecular weight excluding hydrogens is 610 g/mol. The van der Waals surface area contributed by atoms with Gasteiger partial charge in [0.2, 0.25) is 0 Å². The van der Waals surface area contributed by atoms with Crippen LogP contribution in [0.3, 0.4) is 0 Å². The first-order chi connectivity index (χ1) is 11.9. The summed E-state index contributed by atoms with van der Waals surface area (Å²) >= 11 is 7.54. The fraction of sp³-hybridized carbons (Fsp3) is 0.211. The Morgan fingerprint density at radius 1 is 1.20 bits per heavy atom. The molecule has 0 atom stereocenters. The summed E-state index contributed by atoms with van der Waals surface area (Å²) in [6.45, 7) is 2.12. The van der Waals surface area contributed by atoms with Gasteiger partial charge in [-0.05, 0) is 81.9 Å². The van der Waals surface area contributed by atoms with Crippen LogP contribution >= 0.6 is 61.1 Å². The van der Waals surface area contributed by atoms with Crippen LogP contribution in [0.5, 0.6) is 5.75 Å². The van der Waals surface area contributed by atoms with Crippen molar-refractivity contribution in [3.8, 4) is 5.75 Å². The summed E-state index contributed by atoms with van der Waals surface area (Å²) in [6, 6.07) is 9.18. The molecule has 0 spiro atoms. The number of carbonyl (C=O) groups is 1. The Kier molecular flexibility index (Phi) is 6.10. The number of unbranched alkanes of at least 4 members (excludes halogenated alkanes) is 1. The summed E-state index contributed by atoms with van der Waals surface area (Å²) in [6.07, 6.45) is 2.73. The minimum absolute atomic E-state index is 0.0667. The maximum absolute atomic E-state index is 13.2. The van der Waals surface area contributed by atoms with Crippen LogP contribution in [0.1, 0.15) is 41.4 Å². The largest absolute Gasteiger partial charge is 0.506 e. The Balaban J connectivity index is 2.17. The average Bonchev–Trinajstić information content (AvgIpc) is 2.93. The van der Waals surface area contributed by atoms with Gasteiger partial charge in [0.05, 0.1) is 12.7 Å². The molecule has 6 heteroatoms. The van der Waals surface area contributed by atoms with E-state index in [-0.39, 0.29) is 11.5 Å². The summed E-state index contributed by atoms with van der Waals surface area (Å²) in [5.74, 6) is 0.881. The van der Waals surface area contributed by atoms with E-state index in [9.17, 15) is 9.90 Å². The molecule has 0 saturated heterocycles. The molecule has 130 valence electrons. The summed E-state index contributed by atoms with van der Waals surface area (Å²) in [7, 11) is 0. The molecular formula is C19H15BrI2O3. The van der Waals surface area contributed by atoms with Crippen LogP contribution in [0.15, 0.2) is 39.2 Å². The zero-order chi connectivity index (χ0) is 18.1. The summed E-state index contributed by atoms with van der Waals surface area (Å²) in [4.78, 5) is 13.2. The van der Waals surface area contributed by atoms with Crippen molar-refractivity contribution in [2.75, 3.05) is 0 Å². The number of hydrogen-bond donors (Lipinski definition) is 1. The van der Waals surface area contributed by atoms with E-state index in [2.05, 4.69) is 22.9 Å². The number of phenols is 1. The van der Waals surface area contributed by atoms with E-state index in [1.54, 1.807) is 12.1 Å². The maximum Gasteiger partial charge on any atom is 0.197 e. The molecule has 0 bridgehead atoms. The first-order valence-corrected chi connectivity index (χ1v) is 10.8. The Bertz CT molecular complexity index is 940. The predicted octanol–water partition coefficient (Wildman–Crippen LogP) is 6.68. The number of aromatic hydroxyl groups is 1. The van der Waals surface area contributed by atoms with Crippen molar-refractivity contribution in [1.29, 1.82) is 0 Å². The van der Waals surface area contributed by atoms with Gasteiger partial charge in [-0.3, -0.25) is 4.79 Å². The lowest BCUT2D eigenvalue weighted by Crippen LogP contribution is -2.05. The van der Waals surface area contributed by atoms with Gasteiger partial charge in [0.1, 0.15) is 17.1 Å². The van der Waals surface area contributed by atoms with Crippen LogP contribution in [0, 0.1) is 7.14 Å². The van der Waals surface area contributed by atoms with E-state index >= 15 is 0 Å². The average molecular weight is 625 g/mol. The van der Waals surface area contributed by atoms with Gasteiger partial charge in [0, 0.05) is 21.8 Å². The number of benzene rings is 2. The van der Waals surface area contributed by atoms with Crippen LogP contribution in [0.4, 0.5) is 0 Å². The number of halogens is 3. The van der Waals surface area contributed by atoms with Crippen LogP contribution in [0.2, 0.25) is 0 Å². The predicted molar refractivity (Wildman–Crippen MR) is 119 cm³/mol. The Labute approximate surface area is 181 Å². The van der Waals surface area contributed by atoms with Gasteiger partial charge in [-0.2, -0.15) is 0 Å². The smallest absolute Gasteiger partial charge is 0.197 e. The van der Waals surface area contributed by atoms with Crippen LogP contribution in [0.25, 0.3) is 11.0 Å². The summed E-state index contributed by atoms with van der Waals surface area (Å²) in [5, 5.41) is 10.8. The molecule has 3 nitrogen and oxygen atoms in total. The first kappa shape index (κ1) is 19.2. The van der Waals surface area contributed by atoms with E-state index < -0.39 is 0 Å². The fourth-order valence-corrected chi connectivity index (χ4v) is 4.83.